The summed E-state index contributed by atoms with van der Waals surface area (Å²) in [4.78, 5) is 18.9. The summed E-state index contributed by atoms with van der Waals surface area (Å²) in [5.74, 6) is 2.72. The lowest BCUT2D eigenvalue weighted by Crippen LogP contribution is -2.47. The normalized spacial score (nSPS) is 26.7. The van der Waals surface area contributed by atoms with Crippen LogP contribution in [0.4, 0.5) is 5.69 Å². The Morgan fingerprint density at radius 3 is 2.47 bits per heavy atom. The first-order valence-corrected chi connectivity index (χ1v) is 12.5. The molecule has 2 saturated heterocycles. The van der Waals surface area contributed by atoms with Crippen molar-refractivity contribution in [1.29, 1.82) is 0 Å². The van der Waals surface area contributed by atoms with Crippen molar-refractivity contribution in [3.8, 4) is 17.2 Å². The van der Waals surface area contributed by atoms with E-state index in [0.29, 0.717) is 30.1 Å². The molecule has 5 aliphatic heterocycles. The Bertz CT molecular complexity index is 1120. The largest absolute Gasteiger partial charge is 0.491 e. The minimum absolute atomic E-state index is 0.123. The molecule has 0 saturated carbocycles. The van der Waals surface area contributed by atoms with Gasteiger partial charge < -0.3 is 28.7 Å². The summed E-state index contributed by atoms with van der Waals surface area (Å²) in [6.45, 7) is 5.28. The number of hydrogen-bond donors (Lipinski definition) is 0. The van der Waals surface area contributed by atoms with Crippen molar-refractivity contribution in [2.75, 3.05) is 51.1 Å². The summed E-state index contributed by atoms with van der Waals surface area (Å²) >= 11 is 0. The van der Waals surface area contributed by atoms with Crippen LogP contribution in [0.5, 0.6) is 17.2 Å². The zero-order chi connectivity index (χ0) is 22.7. The third-order valence-electron chi connectivity index (χ3n) is 8.44. The molecule has 0 N–H and O–H groups in total. The van der Waals surface area contributed by atoms with E-state index in [1.165, 1.54) is 0 Å². The van der Waals surface area contributed by atoms with Crippen molar-refractivity contribution in [3.05, 3.63) is 47.5 Å². The number of amides is 1. The Hall–Kier alpha value is -2.77. The molecule has 7 heteroatoms. The number of piperidine rings is 1. The minimum atomic E-state index is -0.810. The van der Waals surface area contributed by atoms with Gasteiger partial charge in [-0.1, -0.05) is 18.2 Å². The van der Waals surface area contributed by atoms with E-state index in [-0.39, 0.29) is 12.7 Å². The topological polar surface area (TPSA) is 60.5 Å². The van der Waals surface area contributed by atoms with Gasteiger partial charge in [0.25, 0.3) is 0 Å². The molecular weight excluding hydrogens is 432 g/mol. The fraction of sp³-hybridized carbons (Fsp3) is 0.519. The number of rotatable bonds is 3. The highest BCUT2D eigenvalue weighted by molar-refractivity contribution is 6.11. The smallest absolute Gasteiger partial charge is 0.245 e. The molecule has 2 fully saturated rings. The van der Waals surface area contributed by atoms with E-state index in [2.05, 4.69) is 17.0 Å². The van der Waals surface area contributed by atoms with Gasteiger partial charge in [0, 0.05) is 43.1 Å². The lowest BCUT2D eigenvalue weighted by molar-refractivity contribution is -0.122. The zero-order valence-corrected chi connectivity index (χ0v) is 19.3. The third-order valence-corrected chi connectivity index (χ3v) is 8.44. The molecule has 5 aliphatic rings. The zero-order valence-electron chi connectivity index (χ0n) is 19.3. The van der Waals surface area contributed by atoms with Crippen LogP contribution in [0.25, 0.3) is 0 Å². The molecule has 0 bridgehead atoms. The van der Waals surface area contributed by atoms with E-state index in [1.54, 1.807) is 0 Å². The van der Waals surface area contributed by atoms with Crippen molar-refractivity contribution in [2.45, 2.75) is 37.1 Å². The average molecular weight is 463 g/mol. The molecule has 0 radical (unpaired) electrons. The lowest BCUT2D eigenvalue weighted by atomic mass is 9.77. The van der Waals surface area contributed by atoms with Crippen molar-refractivity contribution in [1.82, 2.24) is 4.90 Å². The number of ether oxygens (including phenoxy) is 4. The van der Waals surface area contributed by atoms with Crippen LogP contribution in [0.3, 0.4) is 0 Å². The molecule has 7 nitrogen and oxygen atoms in total. The first-order valence-electron chi connectivity index (χ1n) is 12.5. The Morgan fingerprint density at radius 1 is 0.882 bits per heavy atom. The van der Waals surface area contributed by atoms with Crippen molar-refractivity contribution in [3.63, 3.8) is 0 Å². The summed E-state index contributed by atoms with van der Waals surface area (Å²) in [5.41, 5.74) is 2.15. The number of fused-ring (bicyclic) bond motifs is 5. The Balaban J connectivity index is 1.15. The van der Waals surface area contributed by atoms with E-state index < -0.39 is 5.41 Å². The number of hydrogen-bond acceptors (Lipinski definition) is 6. The van der Waals surface area contributed by atoms with Crippen LogP contribution in [0.2, 0.25) is 0 Å². The molecule has 2 aromatic rings. The molecule has 5 heterocycles. The van der Waals surface area contributed by atoms with Gasteiger partial charge in [-0.2, -0.15) is 0 Å². The van der Waals surface area contributed by atoms with Crippen LogP contribution in [0.1, 0.15) is 36.8 Å². The maximum absolute atomic E-state index is 14.2. The summed E-state index contributed by atoms with van der Waals surface area (Å²) in [6.07, 6.45) is 4.54. The number of anilines is 1. The SMILES string of the molecule is O=C1N(CC2CCN(C3CCOCC3)CC2)c2ccccc2C12COc1cc3c(cc12)OCO3. The Labute approximate surface area is 199 Å². The fourth-order valence-corrected chi connectivity index (χ4v) is 6.56. The highest BCUT2D eigenvalue weighted by Crippen LogP contribution is 2.55. The van der Waals surface area contributed by atoms with Crippen molar-refractivity contribution < 1.29 is 23.7 Å². The van der Waals surface area contributed by atoms with Crippen LogP contribution in [-0.2, 0) is 14.9 Å². The molecule has 1 amide bonds. The molecular formula is C27H30N2O5. The quantitative estimate of drug-likeness (QED) is 0.698. The summed E-state index contributed by atoms with van der Waals surface area (Å²) in [6, 6.07) is 12.7. The average Bonchev–Trinajstić information content (AvgIpc) is 3.56. The van der Waals surface area contributed by atoms with E-state index in [9.17, 15) is 4.79 Å². The Kier molecular flexibility index (Phi) is 4.78. The molecule has 7 rings (SSSR count). The predicted molar refractivity (Wildman–Crippen MR) is 126 cm³/mol. The maximum Gasteiger partial charge on any atom is 0.245 e. The van der Waals surface area contributed by atoms with Gasteiger partial charge in [-0.25, -0.2) is 0 Å². The van der Waals surface area contributed by atoms with Gasteiger partial charge >= 0.3 is 0 Å². The van der Waals surface area contributed by atoms with Crippen molar-refractivity contribution in [2.24, 2.45) is 5.92 Å². The summed E-state index contributed by atoms with van der Waals surface area (Å²) < 4.78 is 22.8. The van der Waals surface area contributed by atoms with Crippen molar-refractivity contribution >= 4 is 11.6 Å². The van der Waals surface area contributed by atoms with Crippen LogP contribution in [0.15, 0.2) is 36.4 Å². The monoisotopic (exact) mass is 462 g/mol. The number of carbonyl (C=O) groups excluding carboxylic acids is 1. The molecule has 2 aromatic carbocycles. The molecule has 178 valence electrons. The summed E-state index contributed by atoms with van der Waals surface area (Å²) in [7, 11) is 0. The van der Waals surface area contributed by atoms with Gasteiger partial charge in [0.1, 0.15) is 17.8 Å². The molecule has 1 atom stereocenters. The second kappa shape index (κ2) is 7.89. The van der Waals surface area contributed by atoms with Gasteiger partial charge in [0.05, 0.1) is 0 Å². The molecule has 0 aliphatic carbocycles. The predicted octanol–water partition coefficient (Wildman–Crippen LogP) is 3.33. The highest BCUT2D eigenvalue weighted by Gasteiger charge is 2.57. The van der Waals surface area contributed by atoms with Crippen LogP contribution < -0.4 is 19.1 Å². The minimum Gasteiger partial charge on any atom is -0.491 e. The molecule has 0 aromatic heterocycles. The highest BCUT2D eigenvalue weighted by atomic mass is 16.7. The first kappa shape index (κ1) is 20.6. The van der Waals surface area contributed by atoms with Gasteiger partial charge in [-0.15, -0.1) is 0 Å². The number of benzene rings is 2. The third kappa shape index (κ3) is 2.99. The standard InChI is InChI=1S/C27H30N2O5/c30-26-27(16-32-23-14-25-24(13-21(23)27)33-17-34-25)20-3-1-2-4-22(20)29(26)15-18-5-9-28(10-6-18)19-7-11-31-12-8-19/h1-4,13-14,18-19H,5-12,15-17H2. The van der Waals surface area contributed by atoms with Crippen LogP contribution in [0, 0.1) is 5.92 Å². The number of likely N-dealkylation sites (tertiary alicyclic amines) is 1. The van der Waals surface area contributed by atoms with Gasteiger partial charge in [-0.3, -0.25) is 4.79 Å². The molecule has 34 heavy (non-hydrogen) atoms. The van der Waals surface area contributed by atoms with Gasteiger partial charge in [0.15, 0.2) is 11.5 Å². The van der Waals surface area contributed by atoms with E-state index in [1.807, 2.05) is 29.2 Å². The fourth-order valence-electron chi connectivity index (χ4n) is 6.56. The van der Waals surface area contributed by atoms with Crippen LogP contribution >= 0.6 is 0 Å². The summed E-state index contributed by atoms with van der Waals surface area (Å²) in [5, 5.41) is 0. The maximum atomic E-state index is 14.2. The molecule has 1 spiro atoms. The van der Waals surface area contributed by atoms with Gasteiger partial charge in [-0.05, 0) is 62.4 Å². The van der Waals surface area contributed by atoms with Gasteiger partial charge in [0.2, 0.25) is 12.7 Å². The number of para-hydroxylation sites is 1. The second-order valence-corrected chi connectivity index (χ2v) is 10.2. The number of nitrogens with zero attached hydrogens (tertiary/aromatic N) is 2. The first-order chi connectivity index (χ1) is 16.7. The lowest BCUT2D eigenvalue weighted by Gasteiger charge is -2.40. The Morgan fingerprint density at radius 2 is 1.65 bits per heavy atom. The van der Waals surface area contributed by atoms with E-state index >= 15 is 0 Å². The number of carbonyl (C=O) groups is 1. The van der Waals surface area contributed by atoms with E-state index in [4.69, 9.17) is 18.9 Å². The van der Waals surface area contributed by atoms with E-state index in [0.717, 1.165) is 81.1 Å². The second-order valence-electron chi connectivity index (χ2n) is 10.2. The van der Waals surface area contributed by atoms with Crippen LogP contribution in [-0.4, -0.2) is 63.1 Å². The molecule has 1 unspecified atom stereocenters.